The molecule has 2 aromatic rings. The second-order valence-corrected chi connectivity index (χ2v) is 5.69. The summed E-state index contributed by atoms with van der Waals surface area (Å²) >= 11 is 1.70. The second kappa shape index (κ2) is 6.77. The second-order valence-electron chi connectivity index (χ2n) is 4.91. The first-order chi connectivity index (χ1) is 9.65. The molecule has 0 spiro atoms. The monoisotopic (exact) mass is 291 g/mol. The van der Waals surface area contributed by atoms with E-state index in [4.69, 9.17) is 9.47 Å². The molecule has 0 radical (unpaired) electrons. The van der Waals surface area contributed by atoms with Crippen LogP contribution in [0.25, 0.3) is 11.1 Å². The van der Waals surface area contributed by atoms with Gasteiger partial charge >= 0.3 is 0 Å². The summed E-state index contributed by atoms with van der Waals surface area (Å²) in [5, 5.41) is 7.70. The fourth-order valence-electron chi connectivity index (χ4n) is 2.07. The molecule has 0 saturated heterocycles. The van der Waals surface area contributed by atoms with Crippen LogP contribution >= 0.6 is 11.3 Å². The molecular weight excluding hydrogens is 270 g/mol. The van der Waals surface area contributed by atoms with Gasteiger partial charge in [-0.2, -0.15) is 11.3 Å². The molecule has 4 heteroatoms. The van der Waals surface area contributed by atoms with E-state index in [1.807, 2.05) is 0 Å². The maximum absolute atomic E-state index is 5.41. The molecular formula is C16H21NO2S. The minimum absolute atomic E-state index is 0.443. The lowest BCUT2D eigenvalue weighted by Gasteiger charge is -2.16. The van der Waals surface area contributed by atoms with Gasteiger partial charge in [0.25, 0.3) is 0 Å². The quantitative estimate of drug-likeness (QED) is 0.874. The van der Waals surface area contributed by atoms with Crippen molar-refractivity contribution < 1.29 is 9.47 Å². The van der Waals surface area contributed by atoms with Gasteiger partial charge in [0, 0.05) is 12.6 Å². The first kappa shape index (κ1) is 14.9. The topological polar surface area (TPSA) is 30.5 Å². The van der Waals surface area contributed by atoms with Crippen LogP contribution in [0.2, 0.25) is 0 Å². The highest BCUT2D eigenvalue weighted by molar-refractivity contribution is 7.08. The third-order valence-electron chi connectivity index (χ3n) is 3.14. The summed E-state index contributed by atoms with van der Waals surface area (Å²) < 4.78 is 10.8. The number of hydrogen-bond acceptors (Lipinski definition) is 4. The van der Waals surface area contributed by atoms with Crippen molar-refractivity contribution in [1.29, 1.82) is 0 Å². The van der Waals surface area contributed by atoms with Crippen LogP contribution in [0.15, 0.2) is 29.0 Å². The van der Waals surface area contributed by atoms with Gasteiger partial charge in [0.05, 0.1) is 14.2 Å². The van der Waals surface area contributed by atoms with E-state index in [1.54, 1.807) is 25.6 Å². The van der Waals surface area contributed by atoms with E-state index in [2.05, 4.69) is 48.1 Å². The van der Waals surface area contributed by atoms with Crippen LogP contribution in [-0.4, -0.2) is 20.3 Å². The van der Waals surface area contributed by atoms with Crippen LogP contribution in [0.5, 0.6) is 11.5 Å². The van der Waals surface area contributed by atoms with Crippen LogP contribution in [0, 0.1) is 0 Å². The molecule has 0 aliphatic carbocycles. The van der Waals surface area contributed by atoms with E-state index in [0.29, 0.717) is 6.04 Å². The van der Waals surface area contributed by atoms with Crippen LogP contribution in [0.1, 0.15) is 19.4 Å². The summed E-state index contributed by atoms with van der Waals surface area (Å²) in [5.74, 6) is 1.54. The molecule has 3 nitrogen and oxygen atoms in total. The zero-order chi connectivity index (χ0) is 14.5. The van der Waals surface area contributed by atoms with Crippen LogP contribution in [0.3, 0.4) is 0 Å². The Bertz CT molecular complexity index is 550. The molecule has 0 aliphatic heterocycles. The summed E-state index contributed by atoms with van der Waals surface area (Å²) in [6.07, 6.45) is 0. The smallest absolute Gasteiger partial charge is 0.161 e. The molecule has 20 heavy (non-hydrogen) atoms. The minimum Gasteiger partial charge on any atom is -0.493 e. The van der Waals surface area contributed by atoms with E-state index < -0.39 is 0 Å². The highest BCUT2D eigenvalue weighted by atomic mass is 32.1. The van der Waals surface area contributed by atoms with Crippen molar-refractivity contribution in [2.24, 2.45) is 0 Å². The van der Waals surface area contributed by atoms with E-state index in [-0.39, 0.29) is 0 Å². The molecule has 108 valence electrons. The average Bonchev–Trinajstić information content (AvgIpc) is 2.97. The minimum atomic E-state index is 0.443. The van der Waals surface area contributed by atoms with Gasteiger partial charge in [-0.05, 0) is 45.6 Å². The number of rotatable bonds is 6. The number of benzene rings is 1. The number of methoxy groups -OCH3 is 2. The highest BCUT2D eigenvalue weighted by Gasteiger charge is 2.13. The third-order valence-corrected chi connectivity index (χ3v) is 3.83. The normalized spacial score (nSPS) is 10.8. The van der Waals surface area contributed by atoms with Gasteiger partial charge in [-0.1, -0.05) is 13.8 Å². The van der Waals surface area contributed by atoms with Gasteiger partial charge < -0.3 is 14.8 Å². The van der Waals surface area contributed by atoms with Crippen molar-refractivity contribution in [3.63, 3.8) is 0 Å². The zero-order valence-electron chi connectivity index (χ0n) is 12.4. The highest BCUT2D eigenvalue weighted by Crippen LogP contribution is 2.36. The summed E-state index contributed by atoms with van der Waals surface area (Å²) in [6, 6.07) is 6.68. The average molecular weight is 291 g/mol. The predicted molar refractivity (Wildman–Crippen MR) is 84.8 cm³/mol. The van der Waals surface area contributed by atoms with Crippen LogP contribution in [0.4, 0.5) is 0 Å². The van der Waals surface area contributed by atoms with Crippen LogP contribution < -0.4 is 14.8 Å². The molecule has 2 rings (SSSR count). The van der Waals surface area contributed by atoms with Crippen molar-refractivity contribution in [3.8, 4) is 22.6 Å². The molecule has 0 amide bonds. The fraction of sp³-hybridized carbons (Fsp3) is 0.375. The van der Waals surface area contributed by atoms with Crippen molar-refractivity contribution in [2.45, 2.75) is 26.4 Å². The van der Waals surface area contributed by atoms with Crippen molar-refractivity contribution >= 4 is 11.3 Å². The zero-order valence-corrected chi connectivity index (χ0v) is 13.2. The fourth-order valence-corrected chi connectivity index (χ4v) is 2.72. The van der Waals surface area contributed by atoms with Gasteiger partial charge in [0.15, 0.2) is 11.5 Å². The summed E-state index contributed by atoms with van der Waals surface area (Å²) in [5.41, 5.74) is 3.63. The van der Waals surface area contributed by atoms with Crippen molar-refractivity contribution in [1.82, 2.24) is 5.32 Å². The van der Waals surface area contributed by atoms with E-state index in [9.17, 15) is 0 Å². The Balaban J connectivity index is 2.45. The van der Waals surface area contributed by atoms with E-state index >= 15 is 0 Å². The Hall–Kier alpha value is -1.52. The van der Waals surface area contributed by atoms with Gasteiger partial charge in [0.2, 0.25) is 0 Å². The largest absolute Gasteiger partial charge is 0.493 e. The maximum atomic E-state index is 5.41. The number of nitrogens with one attached hydrogen (secondary N) is 1. The molecule has 0 aliphatic rings. The van der Waals surface area contributed by atoms with Crippen molar-refractivity contribution in [3.05, 3.63) is 34.5 Å². The Morgan fingerprint density at radius 1 is 1.15 bits per heavy atom. The molecule has 0 atom stereocenters. The molecule has 0 fully saturated rings. The Kier molecular flexibility index (Phi) is 5.04. The number of thiophene rings is 1. The first-order valence-corrected chi connectivity index (χ1v) is 7.60. The lowest BCUT2D eigenvalue weighted by atomic mass is 10.0. The summed E-state index contributed by atoms with van der Waals surface area (Å²) in [6.45, 7) is 5.10. The molecule has 0 unspecified atom stereocenters. The molecule has 1 aromatic heterocycles. The van der Waals surface area contributed by atoms with Gasteiger partial charge in [-0.25, -0.2) is 0 Å². The third kappa shape index (κ3) is 3.32. The Labute approximate surface area is 124 Å². The van der Waals surface area contributed by atoms with Crippen molar-refractivity contribution in [2.75, 3.05) is 14.2 Å². The lowest BCUT2D eigenvalue weighted by molar-refractivity contribution is 0.354. The van der Waals surface area contributed by atoms with Gasteiger partial charge in [0.1, 0.15) is 0 Å². The maximum Gasteiger partial charge on any atom is 0.161 e. The Morgan fingerprint density at radius 2 is 1.85 bits per heavy atom. The Morgan fingerprint density at radius 3 is 2.40 bits per heavy atom. The SMILES string of the molecule is COc1cc(CNC(C)C)c(-c2ccsc2)cc1OC. The molecule has 0 saturated carbocycles. The predicted octanol–water partition coefficient (Wildman–Crippen LogP) is 3.93. The molecule has 1 N–H and O–H groups in total. The molecule has 1 aromatic carbocycles. The molecule has 1 heterocycles. The first-order valence-electron chi connectivity index (χ1n) is 6.66. The van der Waals surface area contributed by atoms with E-state index in [0.717, 1.165) is 18.0 Å². The lowest BCUT2D eigenvalue weighted by Crippen LogP contribution is -2.22. The van der Waals surface area contributed by atoms with E-state index in [1.165, 1.54) is 16.7 Å². The molecule has 0 bridgehead atoms. The van der Waals surface area contributed by atoms with Crippen LogP contribution in [-0.2, 0) is 6.54 Å². The number of ether oxygens (including phenoxy) is 2. The summed E-state index contributed by atoms with van der Waals surface area (Å²) in [7, 11) is 3.34. The standard InChI is InChI=1S/C16H21NO2S/c1-11(2)17-9-13-7-15(18-3)16(19-4)8-14(13)12-5-6-20-10-12/h5-8,10-11,17H,9H2,1-4H3. The van der Waals surface area contributed by atoms with Gasteiger partial charge in [-0.15, -0.1) is 0 Å². The number of hydrogen-bond donors (Lipinski definition) is 1. The van der Waals surface area contributed by atoms with Gasteiger partial charge in [-0.3, -0.25) is 0 Å². The summed E-state index contributed by atoms with van der Waals surface area (Å²) in [4.78, 5) is 0.